The molecule has 2 aromatic carbocycles. The Morgan fingerprint density at radius 1 is 0.966 bits per heavy atom. The fourth-order valence-corrected chi connectivity index (χ4v) is 8.18. The lowest BCUT2D eigenvalue weighted by Crippen LogP contribution is -2.66. The molecular formula is C23H26N2O3Si. The number of nitrogens with zero attached hydrogens (tertiary/aromatic N) is 1. The van der Waals surface area contributed by atoms with E-state index < -0.39 is 14.4 Å². The van der Waals surface area contributed by atoms with Crippen LogP contribution in [-0.4, -0.2) is 19.4 Å². The molecule has 0 unspecified atom stereocenters. The molecule has 2 N–H and O–H groups in total. The molecule has 150 valence electrons. The summed E-state index contributed by atoms with van der Waals surface area (Å²) < 4.78 is 11.8. The topological polar surface area (TPSA) is 74.4 Å². The van der Waals surface area contributed by atoms with Crippen LogP contribution < -0.4 is 20.8 Å². The summed E-state index contributed by atoms with van der Waals surface area (Å²) in [5.41, 5.74) is 5.80. The van der Waals surface area contributed by atoms with Gasteiger partial charge >= 0.3 is 6.09 Å². The monoisotopic (exact) mass is 406 g/mol. The van der Waals surface area contributed by atoms with Crippen LogP contribution in [0, 0.1) is 0 Å². The van der Waals surface area contributed by atoms with Crippen molar-refractivity contribution in [3.8, 4) is 5.75 Å². The molecule has 0 bridgehead atoms. The summed E-state index contributed by atoms with van der Waals surface area (Å²) >= 11 is 0. The third kappa shape index (κ3) is 4.55. The molecule has 0 saturated heterocycles. The maximum absolute atomic E-state index is 11.1. The van der Waals surface area contributed by atoms with E-state index in [0.29, 0.717) is 18.1 Å². The molecule has 1 heterocycles. The fraction of sp³-hybridized carbons (Fsp3) is 0.217. The van der Waals surface area contributed by atoms with E-state index in [4.69, 9.17) is 14.9 Å². The molecule has 0 aliphatic heterocycles. The lowest BCUT2D eigenvalue weighted by atomic mass is 10.2. The second-order valence-corrected chi connectivity index (χ2v) is 12.2. The van der Waals surface area contributed by atoms with Gasteiger partial charge in [0.05, 0.1) is 12.3 Å². The number of ether oxygens (including phenoxy) is 1. The molecule has 0 saturated carbocycles. The van der Waals surface area contributed by atoms with E-state index in [2.05, 4.69) is 74.3 Å². The van der Waals surface area contributed by atoms with Gasteiger partial charge in [0.2, 0.25) is 0 Å². The van der Waals surface area contributed by atoms with Crippen LogP contribution in [0.5, 0.6) is 5.75 Å². The van der Waals surface area contributed by atoms with Crippen LogP contribution in [0.25, 0.3) is 0 Å². The molecule has 0 aliphatic rings. The number of nitrogens with two attached hydrogens (primary N) is 1. The molecule has 5 nitrogen and oxygen atoms in total. The summed E-state index contributed by atoms with van der Waals surface area (Å²) in [6.45, 7) is 6.96. The van der Waals surface area contributed by atoms with Crippen LogP contribution in [0.4, 0.5) is 4.79 Å². The molecule has 0 spiro atoms. The highest BCUT2D eigenvalue weighted by Crippen LogP contribution is 2.37. The third-order valence-electron chi connectivity index (χ3n) is 4.86. The highest BCUT2D eigenvalue weighted by molar-refractivity contribution is 6.99. The van der Waals surface area contributed by atoms with Gasteiger partial charge < -0.3 is 14.9 Å². The Morgan fingerprint density at radius 3 is 2.00 bits per heavy atom. The summed E-state index contributed by atoms with van der Waals surface area (Å²) in [4.78, 5) is 15.4. The zero-order valence-corrected chi connectivity index (χ0v) is 18.0. The van der Waals surface area contributed by atoms with Gasteiger partial charge in [-0.1, -0.05) is 81.4 Å². The van der Waals surface area contributed by atoms with E-state index >= 15 is 0 Å². The summed E-state index contributed by atoms with van der Waals surface area (Å²) in [6.07, 6.45) is 0.734. The fourth-order valence-electron chi connectivity index (χ4n) is 3.66. The van der Waals surface area contributed by atoms with Crippen LogP contribution in [0.2, 0.25) is 5.04 Å². The normalized spacial score (nSPS) is 11.8. The van der Waals surface area contributed by atoms with Gasteiger partial charge in [-0.25, -0.2) is 4.79 Å². The van der Waals surface area contributed by atoms with Gasteiger partial charge in [0.15, 0.2) is 0 Å². The average Bonchev–Trinajstić information content (AvgIpc) is 2.69. The first kappa shape index (κ1) is 20.8. The van der Waals surface area contributed by atoms with Crippen LogP contribution in [-0.2, 0) is 11.0 Å². The molecule has 29 heavy (non-hydrogen) atoms. The number of hydrogen-bond acceptors (Lipinski definition) is 4. The smallest absolute Gasteiger partial charge is 0.409 e. The molecule has 0 aliphatic carbocycles. The van der Waals surface area contributed by atoms with E-state index in [0.717, 1.165) is 0 Å². The predicted octanol–water partition coefficient (Wildman–Crippen LogP) is 3.62. The lowest BCUT2D eigenvalue weighted by Gasteiger charge is -2.43. The van der Waals surface area contributed by atoms with E-state index in [-0.39, 0.29) is 5.04 Å². The SMILES string of the molecule is CC(C)(C)[Si](OCc1cc(OC(N)=O)ccn1)(c1ccccc1)c1ccccc1. The lowest BCUT2D eigenvalue weighted by molar-refractivity contribution is 0.210. The molecule has 0 fully saturated rings. The Bertz CT molecular complexity index is 917. The van der Waals surface area contributed by atoms with Gasteiger partial charge in [-0.05, 0) is 21.5 Å². The molecule has 3 rings (SSSR count). The molecular weight excluding hydrogens is 380 g/mol. The number of hydrogen-bond donors (Lipinski definition) is 1. The van der Waals surface area contributed by atoms with Crippen molar-refractivity contribution in [2.75, 3.05) is 0 Å². The van der Waals surface area contributed by atoms with Crippen molar-refractivity contribution in [1.82, 2.24) is 4.98 Å². The van der Waals surface area contributed by atoms with Crippen LogP contribution in [0.3, 0.4) is 0 Å². The van der Waals surface area contributed by atoms with Crippen molar-refractivity contribution in [3.05, 3.63) is 84.7 Å². The van der Waals surface area contributed by atoms with Crippen molar-refractivity contribution in [2.24, 2.45) is 5.73 Å². The zero-order valence-electron chi connectivity index (χ0n) is 17.0. The van der Waals surface area contributed by atoms with Crippen molar-refractivity contribution in [3.63, 3.8) is 0 Å². The highest BCUT2D eigenvalue weighted by Gasteiger charge is 2.50. The maximum atomic E-state index is 11.1. The summed E-state index contributed by atoms with van der Waals surface area (Å²) in [5.74, 6) is 0.355. The number of carbonyl (C=O) groups is 1. The van der Waals surface area contributed by atoms with Crippen molar-refractivity contribution in [2.45, 2.75) is 32.4 Å². The first-order valence-electron chi connectivity index (χ1n) is 9.50. The summed E-state index contributed by atoms with van der Waals surface area (Å²) in [7, 11) is -2.65. The van der Waals surface area contributed by atoms with E-state index in [1.807, 2.05) is 12.1 Å². The Morgan fingerprint density at radius 2 is 1.52 bits per heavy atom. The van der Waals surface area contributed by atoms with Gasteiger partial charge in [-0.2, -0.15) is 0 Å². The zero-order chi connectivity index (χ0) is 20.9. The summed E-state index contributed by atoms with van der Waals surface area (Å²) in [6, 6.07) is 24.1. The Kier molecular flexibility index (Phi) is 6.15. The number of aromatic nitrogens is 1. The first-order valence-corrected chi connectivity index (χ1v) is 11.4. The average molecular weight is 407 g/mol. The van der Waals surface area contributed by atoms with E-state index in [9.17, 15) is 4.79 Å². The van der Waals surface area contributed by atoms with Gasteiger partial charge in [-0.3, -0.25) is 4.98 Å². The largest absolute Gasteiger partial charge is 0.410 e. The number of pyridine rings is 1. The Hall–Kier alpha value is -2.96. The number of amides is 1. The molecule has 1 aromatic heterocycles. The molecule has 0 radical (unpaired) electrons. The van der Waals surface area contributed by atoms with Crippen molar-refractivity contribution >= 4 is 24.8 Å². The highest BCUT2D eigenvalue weighted by atomic mass is 28.4. The van der Waals surface area contributed by atoms with E-state index in [1.165, 1.54) is 10.4 Å². The Balaban J connectivity index is 2.04. The Labute approximate surface area is 172 Å². The number of rotatable bonds is 6. The third-order valence-corrected chi connectivity index (χ3v) is 9.84. The molecule has 0 atom stereocenters. The predicted molar refractivity (Wildman–Crippen MR) is 117 cm³/mol. The number of carbonyl (C=O) groups excluding carboxylic acids is 1. The molecule has 6 heteroatoms. The molecule has 1 amide bonds. The molecule has 3 aromatic rings. The quantitative estimate of drug-likeness (QED) is 0.635. The second kappa shape index (κ2) is 8.59. The minimum absolute atomic E-state index is 0.128. The minimum Gasteiger partial charge on any atom is -0.410 e. The van der Waals surface area contributed by atoms with Gasteiger partial charge in [0.1, 0.15) is 5.75 Å². The maximum Gasteiger partial charge on any atom is 0.409 e. The van der Waals surface area contributed by atoms with Gasteiger partial charge in [-0.15, -0.1) is 0 Å². The number of primary amides is 1. The van der Waals surface area contributed by atoms with Gasteiger partial charge in [0, 0.05) is 12.3 Å². The minimum atomic E-state index is -2.65. The second-order valence-electron chi connectivity index (χ2n) is 7.86. The van der Waals surface area contributed by atoms with Crippen LogP contribution in [0.15, 0.2) is 79.0 Å². The first-order chi connectivity index (χ1) is 13.8. The van der Waals surface area contributed by atoms with Crippen LogP contribution >= 0.6 is 0 Å². The summed E-state index contributed by atoms with van der Waals surface area (Å²) in [5, 5.41) is 2.27. The van der Waals surface area contributed by atoms with Gasteiger partial charge in [0.25, 0.3) is 8.32 Å². The number of benzene rings is 2. The van der Waals surface area contributed by atoms with Crippen molar-refractivity contribution < 1.29 is 14.0 Å². The van der Waals surface area contributed by atoms with E-state index in [1.54, 1.807) is 18.3 Å². The van der Waals surface area contributed by atoms with Crippen LogP contribution in [0.1, 0.15) is 26.5 Å². The van der Waals surface area contributed by atoms with Crippen molar-refractivity contribution in [1.29, 1.82) is 0 Å². The standard InChI is InChI=1S/C23H26N2O3Si/c1-23(2,3)29(20-10-6-4-7-11-20,21-12-8-5-9-13-21)27-17-18-16-19(14-15-25-18)28-22(24)26/h4-16H,17H2,1-3H3,(H2,24,26).